The molecule has 0 bridgehead atoms. The number of aryl methyl sites for hydroxylation is 1. The summed E-state index contributed by atoms with van der Waals surface area (Å²) in [7, 11) is 0. The number of nitrogens with one attached hydrogen (secondary N) is 3. The van der Waals surface area contributed by atoms with Gasteiger partial charge in [-0.25, -0.2) is 0 Å². The van der Waals surface area contributed by atoms with Gasteiger partial charge in [-0.05, 0) is 55.9 Å². The molecule has 0 saturated carbocycles. The molecule has 0 aliphatic heterocycles. The molecule has 3 N–H and O–H groups in total. The minimum absolute atomic E-state index is 0.0800. The number of benzene rings is 2. The highest BCUT2D eigenvalue weighted by Crippen LogP contribution is 2.25. The summed E-state index contributed by atoms with van der Waals surface area (Å²) >= 11 is 11.3. The molecule has 0 unspecified atom stereocenters. The molecule has 0 aliphatic carbocycles. The lowest BCUT2D eigenvalue weighted by molar-refractivity contribution is -0.121. The van der Waals surface area contributed by atoms with E-state index in [9.17, 15) is 9.59 Å². The van der Waals surface area contributed by atoms with Gasteiger partial charge in [0.25, 0.3) is 5.91 Å². The van der Waals surface area contributed by atoms with E-state index in [0.29, 0.717) is 28.6 Å². The molecule has 0 spiro atoms. The Morgan fingerprint density at radius 3 is 2.46 bits per heavy atom. The van der Waals surface area contributed by atoms with Crippen LogP contribution in [-0.2, 0) is 9.59 Å². The Morgan fingerprint density at radius 1 is 1.07 bits per heavy atom. The summed E-state index contributed by atoms with van der Waals surface area (Å²) in [5.74, 6) is 0.111. The van der Waals surface area contributed by atoms with E-state index in [4.69, 9.17) is 28.6 Å². The standard InChI is InChI=1S/C20H22ClN3O3S/c1-3-4-18(25)22-14-7-10-16(21)17(11-14)23-20(28)24-19(26)12-27-15-8-5-13(2)6-9-15/h5-11H,3-4,12H2,1-2H3,(H,22,25)(H2,23,24,26,28). The second-order valence-electron chi connectivity index (χ2n) is 6.10. The van der Waals surface area contributed by atoms with Crippen LogP contribution in [0.15, 0.2) is 42.5 Å². The minimum Gasteiger partial charge on any atom is -0.484 e. The summed E-state index contributed by atoms with van der Waals surface area (Å²) in [6.07, 6.45) is 1.19. The van der Waals surface area contributed by atoms with Crippen molar-refractivity contribution in [2.24, 2.45) is 0 Å². The van der Waals surface area contributed by atoms with Gasteiger partial charge in [0.2, 0.25) is 5.91 Å². The molecule has 2 amide bonds. The van der Waals surface area contributed by atoms with Crippen LogP contribution in [0.1, 0.15) is 25.3 Å². The van der Waals surface area contributed by atoms with E-state index < -0.39 is 5.91 Å². The molecule has 0 heterocycles. The second kappa shape index (κ2) is 10.6. The van der Waals surface area contributed by atoms with Crippen LogP contribution in [-0.4, -0.2) is 23.5 Å². The van der Waals surface area contributed by atoms with Gasteiger partial charge in [-0.2, -0.15) is 0 Å². The Hall–Kier alpha value is -2.64. The smallest absolute Gasteiger partial charge is 0.264 e. The number of halogens is 1. The van der Waals surface area contributed by atoms with Gasteiger partial charge in [-0.1, -0.05) is 36.2 Å². The molecular formula is C20H22ClN3O3S. The van der Waals surface area contributed by atoms with Crippen LogP contribution in [0.5, 0.6) is 5.75 Å². The first-order valence-corrected chi connectivity index (χ1v) is 9.55. The highest BCUT2D eigenvalue weighted by atomic mass is 35.5. The van der Waals surface area contributed by atoms with Crippen molar-refractivity contribution in [2.45, 2.75) is 26.7 Å². The number of hydrogen-bond acceptors (Lipinski definition) is 4. The normalized spacial score (nSPS) is 10.1. The van der Waals surface area contributed by atoms with Crippen LogP contribution >= 0.6 is 23.8 Å². The number of carbonyl (C=O) groups is 2. The molecule has 2 aromatic rings. The third-order valence-electron chi connectivity index (χ3n) is 3.62. The van der Waals surface area contributed by atoms with Gasteiger partial charge in [0.15, 0.2) is 11.7 Å². The molecule has 0 aromatic heterocycles. The van der Waals surface area contributed by atoms with Crippen molar-refractivity contribution in [3.05, 3.63) is 53.1 Å². The summed E-state index contributed by atoms with van der Waals surface area (Å²) < 4.78 is 5.41. The monoisotopic (exact) mass is 419 g/mol. The van der Waals surface area contributed by atoms with Gasteiger partial charge in [0.05, 0.1) is 10.7 Å². The van der Waals surface area contributed by atoms with Crippen LogP contribution in [0.3, 0.4) is 0 Å². The lowest BCUT2D eigenvalue weighted by atomic mass is 10.2. The number of anilines is 2. The maximum absolute atomic E-state index is 12.0. The Labute approximate surface area is 174 Å². The highest BCUT2D eigenvalue weighted by molar-refractivity contribution is 7.80. The molecule has 0 radical (unpaired) electrons. The Morgan fingerprint density at radius 2 is 1.79 bits per heavy atom. The van der Waals surface area contributed by atoms with Crippen molar-refractivity contribution in [1.82, 2.24) is 5.32 Å². The summed E-state index contributed by atoms with van der Waals surface area (Å²) in [4.78, 5) is 23.7. The van der Waals surface area contributed by atoms with Crippen LogP contribution in [0.2, 0.25) is 5.02 Å². The van der Waals surface area contributed by atoms with Crippen LogP contribution in [0, 0.1) is 6.92 Å². The summed E-state index contributed by atoms with van der Waals surface area (Å²) in [5, 5.41) is 8.64. The fraction of sp³-hybridized carbons (Fsp3) is 0.250. The first-order chi connectivity index (χ1) is 13.4. The molecule has 28 heavy (non-hydrogen) atoms. The number of carbonyl (C=O) groups excluding carboxylic acids is 2. The summed E-state index contributed by atoms with van der Waals surface area (Å²) in [5.41, 5.74) is 2.16. The predicted octanol–water partition coefficient (Wildman–Crippen LogP) is 4.28. The van der Waals surface area contributed by atoms with Crippen LogP contribution in [0.25, 0.3) is 0 Å². The lowest BCUT2D eigenvalue weighted by Crippen LogP contribution is -2.37. The third kappa shape index (κ3) is 7.17. The zero-order valence-electron chi connectivity index (χ0n) is 15.7. The maximum atomic E-state index is 12.0. The molecule has 6 nitrogen and oxygen atoms in total. The van der Waals surface area contributed by atoms with Crippen molar-refractivity contribution < 1.29 is 14.3 Å². The van der Waals surface area contributed by atoms with Gasteiger partial charge in [-0.15, -0.1) is 0 Å². The topological polar surface area (TPSA) is 79.5 Å². The predicted molar refractivity (Wildman–Crippen MR) is 116 cm³/mol. The van der Waals surface area contributed by atoms with Crippen molar-refractivity contribution in [1.29, 1.82) is 0 Å². The minimum atomic E-state index is -0.401. The molecule has 8 heteroatoms. The zero-order chi connectivity index (χ0) is 20.5. The zero-order valence-corrected chi connectivity index (χ0v) is 17.2. The van der Waals surface area contributed by atoms with Gasteiger partial charge in [0.1, 0.15) is 5.75 Å². The first kappa shape index (κ1) is 21.7. The van der Waals surface area contributed by atoms with E-state index in [0.717, 1.165) is 12.0 Å². The van der Waals surface area contributed by atoms with Crippen molar-refractivity contribution in [3.8, 4) is 5.75 Å². The number of amides is 2. The fourth-order valence-corrected chi connectivity index (χ4v) is 2.64. The fourth-order valence-electron chi connectivity index (χ4n) is 2.25. The molecule has 2 aromatic carbocycles. The number of ether oxygens (including phenoxy) is 1. The van der Waals surface area contributed by atoms with E-state index in [1.54, 1.807) is 30.3 Å². The van der Waals surface area contributed by atoms with E-state index in [1.165, 1.54) is 0 Å². The second-order valence-corrected chi connectivity index (χ2v) is 6.91. The first-order valence-electron chi connectivity index (χ1n) is 8.77. The number of rotatable bonds is 7. The van der Waals surface area contributed by atoms with Gasteiger partial charge in [0, 0.05) is 12.1 Å². The number of thiocarbonyl (C=S) groups is 1. The average Bonchev–Trinajstić information content (AvgIpc) is 2.64. The molecular weight excluding hydrogens is 398 g/mol. The quantitative estimate of drug-likeness (QED) is 0.584. The van der Waals surface area contributed by atoms with Gasteiger partial charge >= 0.3 is 0 Å². The maximum Gasteiger partial charge on any atom is 0.264 e. The molecule has 0 atom stereocenters. The Kier molecular flexibility index (Phi) is 8.22. The highest BCUT2D eigenvalue weighted by Gasteiger charge is 2.10. The van der Waals surface area contributed by atoms with E-state index in [-0.39, 0.29) is 17.6 Å². The SMILES string of the molecule is CCCC(=O)Nc1ccc(Cl)c(NC(=S)NC(=O)COc2ccc(C)cc2)c1. The van der Waals surface area contributed by atoms with Crippen molar-refractivity contribution >= 4 is 52.1 Å². The third-order valence-corrected chi connectivity index (χ3v) is 4.15. The molecule has 0 fully saturated rings. The Balaban J connectivity index is 1.88. The molecule has 2 rings (SSSR count). The Bertz CT molecular complexity index is 856. The van der Waals surface area contributed by atoms with Crippen LogP contribution in [0.4, 0.5) is 11.4 Å². The molecule has 0 saturated heterocycles. The van der Waals surface area contributed by atoms with Gasteiger partial charge in [-0.3, -0.25) is 14.9 Å². The number of hydrogen-bond donors (Lipinski definition) is 3. The average molecular weight is 420 g/mol. The summed E-state index contributed by atoms with van der Waals surface area (Å²) in [6.45, 7) is 3.72. The molecule has 148 valence electrons. The van der Waals surface area contributed by atoms with E-state index >= 15 is 0 Å². The van der Waals surface area contributed by atoms with E-state index in [2.05, 4.69) is 16.0 Å². The summed E-state index contributed by atoms with van der Waals surface area (Å²) in [6, 6.07) is 12.3. The lowest BCUT2D eigenvalue weighted by Gasteiger charge is -2.13. The van der Waals surface area contributed by atoms with Crippen molar-refractivity contribution in [3.63, 3.8) is 0 Å². The van der Waals surface area contributed by atoms with Crippen molar-refractivity contribution in [2.75, 3.05) is 17.2 Å². The van der Waals surface area contributed by atoms with E-state index in [1.807, 2.05) is 26.0 Å². The van der Waals surface area contributed by atoms with Crippen LogP contribution < -0.4 is 20.7 Å². The largest absolute Gasteiger partial charge is 0.484 e. The molecule has 0 aliphatic rings. The van der Waals surface area contributed by atoms with Gasteiger partial charge < -0.3 is 15.4 Å².